The van der Waals surface area contributed by atoms with Crippen LogP contribution >= 0.6 is 0 Å². The minimum Gasteiger partial charge on any atom is -0.481 e. The van der Waals surface area contributed by atoms with Crippen LogP contribution in [0.4, 0.5) is 25.0 Å². The first-order valence-corrected chi connectivity index (χ1v) is 11.4. The summed E-state index contributed by atoms with van der Waals surface area (Å²) < 4.78 is 33.1. The van der Waals surface area contributed by atoms with Gasteiger partial charge >= 0.3 is 6.03 Å². The molecule has 0 saturated carbocycles. The topological polar surface area (TPSA) is 70.7 Å². The van der Waals surface area contributed by atoms with E-state index in [1.165, 1.54) is 22.6 Å². The molecule has 0 spiro atoms. The number of halogens is 2. The van der Waals surface area contributed by atoms with Crippen molar-refractivity contribution in [3.8, 4) is 5.75 Å². The van der Waals surface area contributed by atoms with Gasteiger partial charge in [0, 0.05) is 36.1 Å². The van der Waals surface area contributed by atoms with Crippen LogP contribution in [0.15, 0.2) is 60.7 Å². The van der Waals surface area contributed by atoms with Gasteiger partial charge in [-0.05, 0) is 66.4 Å². The van der Waals surface area contributed by atoms with E-state index in [4.69, 9.17) is 4.74 Å². The zero-order valence-corrected chi connectivity index (χ0v) is 19.8. The van der Waals surface area contributed by atoms with Gasteiger partial charge in [0.05, 0.1) is 0 Å². The van der Waals surface area contributed by atoms with Crippen molar-refractivity contribution in [3.63, 3.8) is 0 Å². The number of amides is 3. The lowest BCUT2D eigenvalue weighted by Gasteiger charge is -2.22. The maximum atomic E-state index is 13.6. The normalized spacial score (nSPS) is 15.3. The quantitative estimate of drug-likeness (QED) is 0.469. The van der Waals surface area contributed by atoms with E-state index in [2.05, 4.69) is 24.5 Å². The highest BCUT2D eigenvalue weighted by atomic mass is 19.1. The molecule has 182 valence electrons. The van der Waals surface area contributed by atoms with Crippen LogP contribution in [0, 0.1) is 11.6 Å². The minimum absolute atomic E-state index is 0.0190. The fourth-order valence-electron chi connectivity index (χ4n) is 3.98. The van der Waals surface area contributed by atoms with E-state index in [1.54, 1.807) is 25.1 Å². The van der Waals surface area contributed by atoms with Crippen LogP contribution in [0.3, 0.4) is 0 Å². The maximum absolute atomic E-state index is 13.6. The number of urea groups is 1. The Morgan fingerprint density at radius 2 is 1.63 bits per heavy atom. The summed E-state index contributed by atoms with van der Waals surface area (Å²) in [5.41, 5.74) is 3.36. The molecule has 0 radical (unpaired) electrons. The number of hydrogen-bond donors (Lipinski definition) is 2. The Bertz CT molecular complexity index is 1220. The predicted octanol–water partition coefficient (Wildman–Crippen LogP) is 6.04. The first kappa shape index (κ1) is 24.2. The summed E-state index contributed by atoms with van der Waals surface area (Å²) in [6.07, 6.45) is -0.773. The number of nitrogens with one attached hydrogen (secondary N) is 2. The fraction of sp³-hybridized carbons (Fsp3) is 0.259. The van der Waals surface area contributed by atoms with Crippen LogP contribution in [0.5, 0.6) is 5.75 Å². The van der Waals surface area contributed by atoms with E-state index >= 15 is 0 Å². The highest BCUT2D eigenvalue weighted by Crippen LogP contribution is 2.30. The molecular weight excluding hydrogens is 452 g/mol. The van der Waals surface area contributed by atoms with E-state index in [1.807, 2.05) is 24.3 Å². The van der Waals surface area contributed by atoms with Crippen molar-refractivity contribution in [1.29, 1.82) is 0 Å². The Labute approximate surface area is 202 Å². The van der Waals surface area contributed by atoms with Gasteiger partial charge in [0.15, 0.2) is 6.10 Å². The van der Waals surface area contributed by atoms with Crippen LogP contribution in [0.1, 0.15) is 43.4 Å². The Morgan fingerprint density at radius 1 is 1.00 bits per heavy atom. The number of ether oxygens (including phenoxy) is 1. The van der Waals surface area contributed by atoms with E-state index in [0.717, 1.165) is 6.07 Å². The molecule has 0 unspecified atom stereocenters. The van der Waals surface area contributed by atoms with Gasteiger partial charge in [-0.1, -0.05) is 26.0 Å². The summed E-state index contributed by atoms with van der Waals surface area (Å²) in [7, 11) is 0. The molecule has 0 aliphatic carbocycles. The molecule has 0 aromatic heterocycles. The first-order chi connectivity index (χ1) is 16.7. The Balaban J connectivity index is 1.49. The highest BCUT2D eigenvalue weighted by molar-refractivity contribution is 5.99. The molecule has 2 N–H and O–H groups in total. The molecule has 1 aliphatic heterocycles. The minimum atomic E-state index is -0.773. The molecule has 8 heteroatoms. The molecule has 0 fully saturated rings. The average molecular weight is 480 g/mol. The van der Waals surface area contributed by atoms with E-state index in [9.17, 15) is 18.4 Å². The smallest absolute Gasteiger partial charge is 0.323 e. The predicted molar refractivity (Wildman–Crippen MR) is 130 cm³/mol. The van der Waals surface area contributed by atoms with E-state index < -0.39 is 23.8 Å². The van der Waals surface area contributed by atoms with Gasteiger partial charge in [0.2, 0.25) is 0 Å². The number of carbonyl (C=O) groups is 2. The monoisotopic (exact) mass is 479 g/mol. The standard InChI is InChI=1S/C27H27F2N3O3/c1-16(2)19-4-6-23(7-5-19)30-27(34)31-24-8-9-25-20(12-24)15-32(26(33)17(3)35-25)14-18-10-21(28)13-22(29)11-18/h4-13,16-17H,14-15H2,1-3H3,(H2,30,31,34)/t17-/m0/s1. The Morgan fingerprint density at radius 3 is 2.29 bits per heavy atom. The van der Waals surface area contributed by atoms with E-state index in [-0.39, 0.29) is 19.0 Å². The second-order valence-corrected chi connectivity index (χ2v) is 8.91. The number of benzene rings is 3. The zero-order valence-electron chi connectivity index (χ0n) is 19.8. The van der Waals surface area contributed by atoms with Gasteiger partial charge in [-0.3, -0.25) is 4.79 Å². The van der Waals surface area contributed by atoms with Crippen molar-refractivity contribution in [2.75, 3.05) is 10.6 Å². The van der Waals surface area contributed by atoms with Crippen molar-refractivity contribution >= 4 is 23.3 Å². The molecule has 3 amide bonds. The lowest BCUT2D eigenvalue weighted by molar-refractivity contribution is -0.138. The molecule has 3 aromatic carbocycles. The van der Waals surface area contributed by atoms with Crippen LogP contribution < -0.4 is 15.4 Å². The molecule has 4 rings (SSSR count). The fourth-order valence-corrected chi connectivity index (χ4v) is 3.98. The summed E-state index contributed by atoms with van der Waals surface area (Å²) in [4.78, 5) is 26.9. The summed E-state index contributed by atoms with van der Waals surface area (Å²) in [5, 5.41) is 5.59. The highest BCUT2D eigenvalue weighted by Gasteiger charge is 2.28. The number of rotatable bonds is 5. The van der Waals surface area contributed by atoms with Crippen LogP contribution in [0.2, 0.25) is 0 Å². The number of anilines is 2. The summed E-state index contributed by atoms with van der Waals surface area (Å²) in [6, 6.07) is 15.5. The number of carbonyl (C=O) groups excluding carboxylic acids is 2. The van der Waals surface area contributed by atoms with Crippen LogP contribution in [-0.2, 0) is 17.9 Å². The third-order valence-corrected chi connectivity index (χ3v) is 5.77. The summed E-state index contributed by atoms with van der Waals surface area (Å²) in [5.74, 6) is -0.808. The average Bonchev–Trinajstić information content (AvgIpc) is 2.89. The summed E-state index contributed by atoms with van der Waals surface area (Å²) >= 11 is 0. The maximum Gasteiger partial charge on any atom is 0.323 e. The molecule has 0 saturated heterocycles. The largest absolute Gasteiger partial charge is 0.481 e. The van der Waals surface area contributed by atoms with E-state index in [0.29, 0.717) is 34.2 Å². The van der Waals surface area contributed by atoms with Crippen LogP contribution in [-0.4, -0.2) is 22.9 Å². The van der Waals surface area contributed by atoms with Gasteiger partial charge in [0.1, 0.15) is 17.4 Å². The van der Waals surface area contributed by atoms with Crippen molar-refractivity contribution in [2.45, 2.75) is 45.9 Å². The summed E-state index contributed by atoms with van der Waals surface area (Å²) in [6.45, 7) is 6.00. The second-order valence-electron chi connectivity index (χ2n) is 8.91. The second kappa shape index (κ2) is 10.1. The third-order valence-electron chi connectivity index (χ3n) is 5.77. The van der Waals surface area contributed by atoms with Gasteiger partial charge in [-0.15, -0.1) is 0 Å². The molecule has 0 bridgehead atoms. The molecule has 3 aromatic rings. The first-order valence-electron chi connectivity index (χ1n) is 11.4. The zero-order chi connectivity index (χ0) is 25.1. The van der Waals surface area contributed by atoms with Crippen molar-refractivity contribution < 1.29 is 23.1 Å². The SMILES string of the molecule is CC(C)c1ccc(NC(=O)Nc2ccc3c(c2)CN(Cc2cc(F)cc(F)c2)C(=O)[C@H](C)O3)cc1. The molecule has 35 heavy (non-hydrogen) atoms. The Hall–Kier alpha value is -3.94. The Kier molecular flexibility index (Phi) is 7.00. The molecule has 6 nitrogen and oxygen atoms in total. The molecule has 1 aliphatic rings. The lowest BCUT2D eigenvalue weighted by atomic mass is 10.0. The molecule has 1 heterocycles. The molecular formula is C27H27F2N3O3. The number of hydrogen-bond acceptors (Lipinski definition) is 3. The number of nitrogens with zero attached hydrogens (tertiary/aromatic N) is 1. The van der Waals surface area contributed by atoms with Gasteiger partial charge < -0.3 is 20.3 Å². The van der Waals surface area contributed by atoms with Gasteiger partial charge in [-0.25, -0.2) is 13.6 Å². The third kappa shape index (κ3) is 5.95. The molecule has 1 atom stereocenters. The number of fused-ring (bicyclic) bond motifs is 1. The van der Waals surface area contributed by atoms with Crippen molar-refractivity contribution in [3.05, 3.63) is 89.0 Å². The van der Waals surface area contributed by atoms with Crippen molar-refractivity contribution in [2.24, 2.45) is 0 Å². The van der Waals surface area contributed by atoms with Gasteiger partial charge in [-0.2, -0.15) is 0 Å². The lowest BCUT2D eigenvalue weighted by Crippen LogP contribution is -2.37. The van der Waals surface area contributed by atoms with Crippen LogP contribution in [0.25, 0.3) is 0 Å². The van der Waals surface area contributed by atoms with Gasteiger partial charge in [0.25, 0.3) is 5.91 Å². The van der Waals surface area contributed by atoms with Crippen molar-refractivity contribution in [1.82, 2.24) is 4.90 Å².